The number of nitrogens with zero attached hydrogens (tertiary/aromatic N) is 2. The van der Waals surface area contributed by atoms with Crippen LogP contribution >= 0.6 is 0 Å². The van der Waals surface area contributed by atoms with Gasteiger partial charge in [-0.2, -0.15) is 5.10 Å². The average Bonchev–Trinajstić information content (AvgIpc) is 3.42. The van der Waals surface area contributed by atoms with Gasteiger partial charge in [0.15, 0.2) is 15.5 Å². The molecule has 2 N–H and O–H groups in total. The number of nitrogens with one attached hydrogen (secondary N) is 2. The number of benzene rings is 3. The van der Waals surface area contributed by atoms with Gasteiger partial charge in [-0.1, -0.05) is 36.4 Å². The second-order valence-corrected chi connectivity index (χ2v) is 13.0. The van der Waals surface area contributed by atoms with Gasteiger partial charge in [-0.3, -0.25) is 4.79 Å². The van der Waals surface area contributed by atoms with Crippen molar-refractivity contribution in [3.63, 3.8) is 0 Å². The van der Waals surface area contributed by atoms with Crippen LogP contribution in [0.1, 0.15) is 54.2 Å². The van der Waals surface area contributed by atoms with E-state index in [1.165, 1.54) is 28.9 Å². The highest BCUT2D eigenvalue weighted by atomic mass is 32.2. The quantitative estimate of drug-likeness (QED) is 0.228. The van der Waals surface area contributed by atoms with Gasteiger partial charge in [-0.05, 0) is 69.2 Å². The summed E-state index contributed by atoms with van der Waals surface area (Å²) in [5, 5.41) is 9.44. The summed E-state index contributed by atoms with van der Waals surface area (Å²) in [6, 6.07) is 18.1. The van der Waals surface area contributed by atoms with Gasteiger partial charge in [-0.25, -0.2) is 27.1 Å². The number of halogens is 1. The first-order chi connectivity index (χ1) is 21.2. The minimum Gasteiger partial charge on any atom is -0.461 e. The molecule has 0 aliphatic rings. The van der Waals surface area contributed by atoms with Gasteiger partial charge in [0, 0.05) is 24.4 Å². The van der Waals surface area contributed by atoms with Crippen LogP contribution in [0.25, 0.3) is 16.8 Å². The molecule has 0 saturated carbocycles. The van der Waals surface area contributed by atoms with Gasteiger partial charge in [0.2, 0.25) is 0 Å². The molecule has 236 valence electrons. The minimum absolute atomic E-state index is 0.0418. The van der Waals surface area contributed by atoms with Crippen molar-refractivity contribution in [1.29, 1.82) is 0 Å². The average molecular weight is 637 g/mol. The van der Waals surface area contributed by atoms with E-state index in [9.17, 15) is 22.8 Å². The number of carbonyl (C=O) groups is 3. The number of rotatable bonds is 9. The van der Waals surface area contributed by atoms with Gasteiger partial charge >= 0.3 is 12.1 Å². The molecule has 0 spiro atoms. The van der Waals surface area contributed by atoms with Crippen LogP contribution in [0.15, 0.2) is 77.7 Å². The molecule has 0 atom stereocenters. The highest BCUT2D eigenvalue weighted by Crippen LogP contribution is 2.30. The second-order valence-electron chi connectivity index (χ2n) is 11.0. The SMILES string of the molecule is CCOC(=O)c1cc(C(=O)Nc2ccc(-c3ccccc3S(C)(=O)=O)cc2F)n(-c2cccc(CNC(=O)OC(C)(C)C)c2)n1. The third kappa shape index (κ3) is 8.32. The summed E-state index contributed by atoms with van der Waals surface area (Å²) in [6.07, 6.45) is 0.460. The number of anilines is 1. The van der Waals surface area contributed by atoms with Crippen molar-refractivity contribution < 1.29 is 36.7 Å². The highest BCUT2D eigenvalue weighted by Gasteiger charge is 2.23. The molecule has 0 aliphatic carbocycles. The Labute approximate surface area is 260 Å². The Bertz CT molecular complexity index is 1860. The third-order valence-corrected chi connectivity index (χ3v) is 7.39. The number of hydrogen-bond donors (Lipinski definition) is 2. The maximum Gasteiger partial charge on any atom is 0.407 e. The molecule has 0 fully saturated rings. The molecule has 45 heavy (non-hydrogen) atoms. The van der Waals surface area contributed by atoms with E-state index in [1.807, 2.05) is 0 Å². The van der Waals surface area contributed by atoms with Crippen LogP contribution in [-0.4, -0.2) is 54.6 Å². The number of amides is 2. The molecule has 1 aromatic heterocycles. The Kier molecular flexibility index (Phi) is 9.72. The second kappa shape index (κ2) is 13.3. The van der Waals surface area contributed by atoms with Crippen molar-refractivity contribution in [2.75, 3.05) is 18.2 Å². The van der Waals surface area contributed by atoms with Gasteiger partial charge in [0.1, 0.15) is 17.1 Å². The molecule has 13 heteroatoms. The first kappa shape index (κ1) is 32.9. The fraction of sp³-hybridized carbons (Fsp3) is 0.250. The van der Waals surface area contributed by atoms with E-state index in [4.69, 9.17) is 9.47 Å². The predicted molar refractivity (Wildman–Crippen MR) is 165 cm³/mol. The highest BCUT2D eigenvalue weighted by molar-refractivity contribution is 7.90. The topological polar surface area (TPSA) is 146 Å². The monoisotopic (exact) mass is 636 g/mol. The van der Waals surface area contributed by atoms with Crippen LogP contribution in [0.2, 0.25) is 0 Å². The van der Waals surface area contributed by atoms with E-state index in [2.05, 4.69) is 15.7 Å². The molecular weight excluding hydrogens is 603 g/mol. The molecule has 1 heterocycles. The fourth-order valence-electron chi connectivity index (χ4n) is 4.33. The lowest BCUT2D eigenvalue weighted by molar-refractivity contribution is 0.0510. The summed E-state index contributed by atoms with van der Waals surface area (Å²) < 4.78 is 51.3. The molecule has 3 aromatic carbocycles. The lowest BCUT2D eigenvalue weighted by Crippen LogP contribution is -2.32. The first-order valence-electron chi connectivity index (χ1n) is 13.9. The molecule has 4 aromatic rings. The Balaban J connectivity index is 1.64. The number of alkyl carbamates (subject to hydrolysis) is 1. The van der Waals surface area contributed by atoms with Gasteiger partial charge in [-0.15, -0.1) is 0 Å². The van der Waals surface area contributed by atoms with E-state index in [0.717, 1.165) is 12.3 Å². The van der Waals surface area contributed by atoms with Crippen LogP contribution < -0.4 is 10.6 Å². The predicted octanol–water partition coefficient (Wildman–Crippen LogP) is 5.54. The number of esters is 1. The summed E-state index contributed by atoms with van der Waals surface area (Å²) >= 11 is 0. The number of ether oxygens (including phenoxy) is 2. The van der Waals surface area contributed by atoms with E-state index in [-0.39, 0.29) is 35.1 Å². The zero-order valence-corrected chi connectivity index (χ0v) is 26.2. The van der Waals surface area contributed by atoms with Crippen LogP contribution in [0.5, 0.6) is 0 Å². The van der Waals surface area contributed by atoms with Crippen molar-refractivity contribution in [2.45, 2.75) is 44.7 Å². The largest absolute Gasteiger partial charge is 0.461 e. The molecule has 2 amide bonds. The van der Waals surface area contributed by atoms with E-state index in [1.54, 1.807) is 70.2 Å². The Morgan fingerprint density at radius 1 is 0.978 bits per heavy atom. The zero-order chi connectivity index (χ0) is 32.9. The van der Waals surface area contributed by atoms with E-state index < -0.39 is 39.2 Å². The van der Waals surface area contributed by atoms with E-state index in [0.29, 0.717) is 22.4 Å². The summed E-state index contributed by atoms with van der Waals surface area (Å²) in [6.45, 7) is 7.06. The molecule has 0 unspecified atom stereocenters. The van der Waals surface area contributed by atoms with Crippen molar-refractivity contribution >= 4 is 33.5 Å². The molecular formula is C32H33FN4O7S. The fourth-order valence-corrected chi connectivity index (χ4v) is 5.24. The lowest BCUT2D eigenvalue weighted by Gasteiger charge is -2.19. The molecule has 11 nitrogen and oxygen atoms in total. The molecule has 0 radical (unpaired) electrons. The van der Waals surface area contributed by atoms with Gasteiger partial charge in [0.05, 0.1) is 22.9 Å². The van der Waals surface area contributed by atoms with Crippen LogP contribution in [0, 0.1) is 5.82 Å². The number of carbonyl (C=O) groups excluding carboxylic acids is 3. The standard InChI is InChI=1S/C32H33FN4O7S/c1-6-43-30(39)26-18-27(37(36-26)22-11-9-10-20(16-22)19-34-31(40)44-32(2,3)4)29(38)35-25-15-14-21(17-24(25)33)23-12-7-8-13-28(23)45(5,41)42/h7-18H,6,19H2,1-5H3,(H,34,40)(H,35,38). The van der Waals surface area contributed by atoms with Crippen molar-refractivity contribution in [3.8, 4) is 16.8 Å². The van der Waals surface area contributed by atoms with Crippen LogP contribution in [0.4, 0.5) is 14.9 Å². The van der Waals surface area contributed by atoms with Crippen molar-refractivity contribution in [3.05, 3.63) is 95.6 Å². The maximum absolute atomic E-state index is 15.3. The third-order valence-electron chi connectivity index (χ3n) is 6.23. The molecule has 4 rings (SSSR count). The van der Waals surface area contributed by atoms with Gasteiger partial charge < -0.3 is 20.1 Å². The summed E-state index contributed by atoms with van der Waals surface area (Å²) in [5.74, 6) is -2.34. The summed E-state index contributed by atoms with van der Waals surface area (Å²) in [5.41, 5.74) is 0.553. The molecule has 0 aliphatic heterocycles. The molecule has 0 saturated heterocycles. The van der Waals surface area contributed by atoms with Gasteiger partial charge in [0.25, 0.3) is 5.91 Å². The Hall–Kier alpha value is -5.04. The van der Waals surface area contributed by atoms with Crippen molar-refractivity contribution in [1.82, 2.24) is 15.1 Å². The number of hydrogen-bond acceptors (Lipinski definition) is 8. The Morgan fingerprint density at radius 2 is 1.71 bits per heavy atom. The normalized spacial score (nSPS) is 11.5. The lowest BCUT2D eigenvalue weighted by atomic mass is 10.0. The summed E-state index contributed by atoms with van der Waals surface area (Å²) in [7, 11) is -3.58. The van der Waals surface area contributed by atoms with Crippen LogP contribution in [0.3, 0.4) is 0 Å². The smallest absolute Gasteiger partial charge is 0.407 e. The maximum atomic E-state index is 15.3. The van der Waals surface area contributed by atoms with Crippen molar-refractivity contribution in [2.24, 2.45) is 0 Å². The van der Waals surface area contributed by atoms with Crippen LogP contribution in [-0.2, 0) is 25.9 Å². The first-order valence-corrected chi connectivity index (χ1v) is 15.8. The zero-order valence-electron chi connectivity index (χ0n) is 25.4. The summed E-state index contributed by atoms with van der Waals surface area (Å²) in [4.78, 5) is 38.2. The number of aromatic nitrogens is 2. The molecule has 0 bridgehead atoms. The van der Waals surface area contributed by atoms with E-state index >= 15 is 4.39 Å². The Morgan fingerprint density at radius 3 is 2.38 bits per heavy atom. The number of sulfone groups is 1. The minimum atomic E-state index is -3.58.